The fourth-order valence-corrected chi connectivity index (χ4v) is 1.99. The third-order valence-electron chi connectivity index (χ3n) is 3.19. The van der Waals surface area contributed by atoms with Crippen molar-refractivity contribution in [2.75, 3.05) is 7.11 Å². The minimum Gasteiger partial charge on any atom is -0.481 e. The van der Waals surface area contributed by atoms with Crippen LogP contribution >= 0.6 is 0 Å². The molecule has 0 saturated heterocycles. The van der Waals surface area contributed by atoms with Gasteiger partial charge in [0.25, 0.3) is 0 Å². The number of methoxy groups -OCH3 is 1. The first-order chi connectivity index (χ1) is 10.0. The molecular formula is C15H21N5O. The second-order valence-electron chi connectivity index (χ2n) is 5.18. The molecule has 0 aliphatic carbocycles. The molecule has 6 heteroatoms. The molecule has 0 spiro atoms. The van der Waals surface area contributed by atoms with Crippen LogP contribution in [0.1, 0.15) is 30.8 Å². The smallest absolute Gasteiger partial charge is 0.216 e. The molecule has 0 aromatic carbocycles. The highest BCUT2D eigenvalue weighted by Crippen LogP contribution is 2.19. The van der Waals surface area contributed by atoms with E-state index in [1.54, 1.807) is 13.2 Å². The maximum atomic E-state index is 5.11. The zero-order valence-corrected chi connectivity index (χ0v) is 13.1. The van der Waals surface area contributed by atoms with Crippen LogP contribution in [0.2, 0.25) is 0 Å². The van der Waals surface area contributed by atoms with Crippen molar-refractivity contribution in [3.05, 3.63) is 29.3 Å². The Morgan fingerprint density at radius 2 is 1.81 bits per heavy atom. The number of hydrogen-bond donors (Lipinski definition) is 1. The lowest BCUT2D eigenvalue weighted by molar-refractivity contribution is 0.397. The van der Waals surface area contributed by atoms with Gasteiger partial charge in [-0.15, -0.1) is 0 Å². The van der Waals surface area contributed by atoms with Crippen molar-refractivity contribution >= 4 is 0 Å². The van der Waals surface area contributed by atoms with Gasteiger partial charge >= 0.3 is 0 Å². The van der Waals surface area contributed by atoms with E-state index in [9.17, 15) is 0 Å². The van der Waals surface area contributed by atoms with Gasteiger partial charge in [-0.3, -0.25) is 0 Å². The lowest BCUT2D eigenvalue weighted by Gasteiger charge is -2.13. The molecule has 0 amide bonds. The number of hydrogen-bond acceptors (Lipinski definition) is 6. The molecule has 2 aromatic rings. The first-order valence-corrected chi connectivity index (χ1v) is 6.95. The van der Waals surface area contributed by atoms with Crippen LogP contribution in [0.3, 0.4) is 0 Å². The van der Waals surface area contributed by atoms with Gasteiger partial charge in [0.05, 0.1) is 7.11 Å². The number of nitrogens with zero attached hydrogens (tertiary/aromatic N) is 4. The summed E-state index contributed by atoms with van der Waals surface area (Å²) in [5, 5.41) is 3.40. The topological polar surface area (TPSA) is 72.8 Å². The Balaban J connectivity index is 2.34. The predicted octanol–water partition coefficient (Wildman–Crippen LogP) is 2.06. The van der Waals surface area contributed by atoms with E-state index in [0.717, 1.165) is 23.5 Å². The molecule has 0 aliphatic rings. The van der Waals surface area contributed by atoms with Crippen LogP contribution in [-0.2, 0) is 6.54 Å². The van der Waals surface area contributed by atoms with Crippen LogP contribution in [-0.4, -0.2) is 33.1 Å². The second-order valence-corrected chi connectivity index (χ2v) is 5.18. The van der Waals surface area contributed by atoms with Crippen molar-refractivity contribution in [2.45, 2.75) is 40.3 Å². The van der Waals surface area contributed by atoms with Crippen molar-refractivity contribution in [3.8, 4) is 17.4 Å². The van der Waals surface area contributed by atoms with Crippen LogP contribution in [0.5, 0.6) is 5.88 Å². The number of aryl methyl sites for hydroxylation is 2. The Bertz CT molecular complexity index is 604. The van der Waals surface area contributed by atoms with Gasteiger partial charge in [-0.2, -0.15) is 0 Å². The molecule has 2 aromatic heterocycles. The summed E-state index contributed by atoms with van der Waals surface area (Å²) in [4.78, 5) is 17.3. The minimum atomic E-state index is 0.426. The normalized spacial score (nSPS) is 11.0. The van der Waals surface area contributed by atoms with E-state index in [0.29, 0.717) is 23.4 Å². The fraction of sp³-hybridized carbons (Fsp3) is 0.467. The van der Waals surface area contributed by atoms with Gasteiger partial charge < -0.3 is 10.1 Å². The Labute approximate surface area is 125 Å². The summed E-state index contributed by atoms with van der Waals surface area (Å²) in [5.41, 5.74) is 3.72. The highest BCUT2D eigenvalue weighted by molar-refractivity contribution is 5.51. The van der Waals surface area contributed by atoms with E-state index < -0.39 is 0 Å². The number of nitrogens with one attached hydrogen (secondary N) is 1. The standard InChI is InChI=1S/C15H21N5O/c1-9(2)16-7-12-10(3)19-15(20-11(12)4)13-6-14(21-5)18-8-17-13/h6,8-9,16H,7H2,1-5H3. The number of ether oxygens (including phenoxy) is 1. The third-order valence-corrected chi connectivity index (χ3v) is 3.19. The molecule has 2 rings (SSSR count). The van der Waals surface area contributed by atoms with Gasteiger partial charge in [-0.25, -0.2) is 19.9 Å². The van der Waals surface area contributed by atoms with Crippen LogP contribution in [0, 0.1) is 13.8 Å². The molecule has 0 radical (unpaired) electrons. The van der Waals surface area contributed by atoms with E-state index >= 15 is 0 Å². The molecule has 1 N–H and O–H groups in total. The molecule has 112 valence electrons. The molecule has 21 heavy (non-hydrogen) atoms. The monoisotopic (exact) mass is 287 g/mol. The molecule has 0 unspecified atom stereocenters. The van der Waals surface area contributed by atoms with Gasteiger partial charge in [-0.05, 0) is 13.8 Å². The number of aromatic nitrogens is 4. The Kier molecular flexibility index (Phi) is 4.80. The molecule has 0 bridgehead atoms. The lowest BCUT2D eigenvalue weighted by Crippen LogP contribution is -2.23. The molecule has 2 heterocycles. The maximum absolute atomic E-state index is 5.11. The SMILES string of the molecule is COc1cc(-c2nc(C)c(CNC(C)C)c(C)n2)ncn1. The number of rotatable bonds is 5. The third kappa shape index (κ3) is 3.72. The quantitative estimate of drug-likeness (QED) is 0.907. The largest absolute Gasteiger partial charge is 0.481 e. The fourth-order valence-electron chi connectivity index (χ4n) is 1.99. The van der Waals surface area contributed by atoms with E-state index in [1.807, 2.05) is 13.8 Å². The van der Waals surface area contributed by atoms with Crippen molar-refractivity contribution < 1.29 is 4.74 Å². The minimum absolute atomic E-state index is 0.426. The van der Waals surface area contributed by atoms with E-state index in [1.165, 1.54) is 6.33 Å². The Morgan fingerprint density at radius 1 is 1.14 bits per heavy atom. The predicted molar refractivity (Wildman–Crippen MR) is 81.1 cm³/mol. The highest BCUT2D eigenvalue weighted by atomic mass is 16.5. The molecule has 0 aliphatic heterocycles. The van der Waals surface area contributed by atoms with Crippen molar-refractivity contribution in [2.24, 2.45) is 0 Å². The second kappa shape index (κ2) is 6.58. The zero-order chi connectivity index (χ0) is 15.4. The lowest BCUT2D eigenvalue weighted by atomic mass is 10.1. The highest BCUT2D eigenvalue weighted by Gasteiger charge is 2.12. The molecule has 6 nitrogen and oxygen atoms in total. The van der Waals surface area contributed by atoms with Crippen molar-refractivity contribution in [1.29, 1.82) is 0 Å². The van der Waals surface area contributed by atoms with E-state index in [-0.39, 0.29) is 0 Å². The van der Waals surface area contributed by atoms with Gasteiger partial charge in [0, 0.05) is 35.6 Å². The van der Waals surface area contributed by atoms with Gasteiger partial charge in [0.2, 0.25) is 5.88 Å². The first kappa shape index (κ1) is 15.3. The summed E-state index contributed by atoms with van der Waals surface area (Å²) in [6.07, 6.45) is 1.45. The van der Waals surface area contributed by atoms with Crippen LogP contribution in [0.25, 0.3) is 11.5 Å². The first-order valence-electron chi connectivity index (χ1n) is 6.95. The van der Waals surface area contributed by atoms with Gasteiger partial charge in [0.1, 0.15) is 12.0 Å². The summed E-state index contributed by atoms with van der Waals surface area (Å²) in [7, 11) is 1.57. The molecule has 0 atom stereocenters. The summed E-state index contributed by atoms with van der Waals surface area (Å²) in [6, 6.07) is 2.16. The zero-order valence-electron chi connectivity index (χ0n) is 13.1. The van der Waals surface area contributed by atoms with Crippen molar-refractivity contribution in [1.82, 2.24) is 25.3 Å². The van der Waals surface area contributed by atoms with Crippen LogP contribution in [0.15, 0.2) is 12.4 Å². The van der Waals surface area contributed by atoms with Gasteiger partial charge in [0.15, 0.2) is 5.82 Å². The summed E-state index contributed by atoms with van der Waals surface area (Å²) in [6.45, 7) is 8.99. The average molecular weight is 287 g/mol. The average Bonchev–Trinajstić information content (AvgIpc) is 2.46. The molecular weight excluding hydrogens is 266 g/mol. The van der Waals surface area contributed by atoms with E-state index in [4.69, 9.17) is 4.74 Å². The van der Waals surface area contributed by atoms with Crippen LogP contribution in [0.4, 0.5) is 0 Å². The molecule has 0 saturated carbocycles. The van der Waals surface area contributed by atoms with Gasteiger partial charge in [-0.1, -0.05) is 13.8 Å². The summed E-state index contributed by atoms with van der Waals surface area (Å²) < 4.78 is 5.11. The maximum Gasteiger partial charge on any atom is 0.216 e. The Morgan fingerprint density at radius 3 is 2.38 bits per heavy atom. The van der Waals surface area contributed by atoms with E-state index in [2.05, 4.69) is 39.1 Å². The van der Waals surface area contributed by atoms with Crippen LogP contribution < -0.4 is 10.1 Å². The summed E-state index contributed by atoms with van der Waals surface area (Å²) >= 11 is 0. The van der Waals surface area contributed by atoms with Crippen molar-refractivity contribution in [3.63, 3.8) is 0 Å². The Hall–Kier alpha value is -2.08. The summed E-state index contributed by atoms with van der Waals surface area (Å²) in [5.74, 6) is 1.10. The molecule has 0 fully saturated rings.